The zero-order valence-electron chi connectivity index (χ0n) is 10.4. The molecule has 0 atom stereocenters. The van der Waals surface area contributed by atoms with E-state index in [0.717, 1.165) is 25.2 Å². The molecule has 2 heterocycles. The van der Waals surface area contributed by atoms with E-state index in [1.807, 2.05) is 0 Å². The number of ether oxygens (including phenoxy) is 2. The van der Waals surface area contributed by atoms with Crippen LogP contribution in [0.1, 0.15) is 12.2 Å². The number of fused-ring (bicyclic) bond motifs is 2. The van der Waals surface area contributed by atoms with E-state index >= 15 is 0 Å². The topological polar surface area (TPSA) is 53.4 Å². The summed E-state index contributed by atoms with van der Waals surface area (Å²) in [5.74, 6) is 2.02. The van der Waals surface area contributed by atoms with Gasteiger partial charge < -0.3 is 9.47 Å². The van der Waals surface area contributed by atoms with Gasteiger partial charge in [0.15, 0.2) is 11.5 Å². The number of nitrogens with zero attached hydrogens (tertiary/aromatic N) is 2. The van der Waals surface area contributed by atoms with Crippen LogP contribution in [0.4, 0.5) is 0 Å². The summed E-state index contributed by atoms with van der Waals surface area (Å²) in [6, 6.07) is 3.46. The molecule has 5 nitrogen and oxygen atoms in total. The average molecular weight is 246 g/mol. The summed E-state index contributed by atoms with van der Waals surface area (Å²) in [5, 5.41) is 0.582. The lowest BCUT2D eigenvalue weighted by atomic mass is 10.2. The van der Waals surface area contributed by atoms with Crippen LogP contribution in [-0.2, 0) is 13.0 Å². The summed E-state index contributed by atoms with van der Waals surface area (Å²) in [6.07, 6.45) is 1.84. The Bertz CT molecular complexity index is 676. The van der Waals surface area contributed by atoms with E-state index in [4.69, 9.17) is 9.47 Å². The zero-order chi connectivity index (χ0) is 12.7. The Balaban J connectivity index is 2.36. The second kappa shape index (κ2) is 4.01. The summed E-state index contributed by atoms with van der Waals surface area (Å²) < 4.78 is 12.2. The molecular weight excluding hydrogens is 232 g/mol. The Morgan fingerprint density at radius 1 is 1.22 bits per heavy atom. The molecule has 0 saturated carbocycles. The lowest BCUT2D eigenvalue weighted by molar-refractivity contribution is 0.355. The fourth-order valence-corrected chi connectivity index (χ4v) is 2.41. The van der Waals surface area contributed by atoms with Crippen molar-refractivity contribution in [2.24, 2.45) is 0 Å². The molecule has 1 aromatic carbocycles. The van der Waals surface area contributed by atoms with Crippen LogP contribution in [0.25, 0.3) is 10.9 Å². The molecule has 3 rings (SSSR count). The third-order valence-corrected chi connectivity index (χ3v) is 3.32. The van der Waals surface area contributed by atoms with Gasteiger partial charge in [0.1, 0.15) is 5.82 Å². The molecule has 0 saturated heterocycles. The van der Waals surface area contributed by atoms with Crippen molar-refractivity contribution in [3.8, 4) is 11.5 Å². The van der Waals surface area contributed by atoms with Crippen molar-refractivity contribution in [1.82, 2.24) is 9.55 Å². The van der Waals surface area contributed by atoms with Gasteiger partial charge in [-0.2, -0.15) is 0 Å². The van der Waals surface area contributed by atoms with Crippen LogP contribution in [0.15, 0.2) is 16.9 Å². The monoisotopic (exact) mass is 246 g/mol. The summed E-state index contributed by atoms with van der Waals surface area (Å²) >= 11 is 0. The number of rotatable bonds is 2. The van der Waals surface area contributed by atoms with E-state index in [1.54, 1.807) is 30.9 Å². The highest BCUT2D eigenvalue weighted by Gasteiger charge is 2.17. The average Bonchev–Trinajstić information content (AvgIpc) is 2.86. The third-order valence-electron chi connectivity index (χ3n) is 3.32. The van der Waals surface area contributed by atoms with Gasteiger partial charge in [-0.05, 0) is 12.5 Å². The van der Waals surface area contributed by atoms with Crippen molar-refractivity contribution in [3.63, 3.8) is 0 Å². The molecule has 0 unspecified atom stereocenters. The van der Waals surface area contributed by atoms with Gasteiger partial charge in [0.2, 0.25) is 0 Å². The minimum atomic E-state index is 0.00783. The van der Waals surface area contributed by atoms with Crippen molar-refractivity contribution >= 4 is 10.9 Å². The maximum atomic E-state index is 12.3. The lowest BCUT2D eigenvalue weighted by Crippen LogP contribution is -2.20. The van der Waals surface area contributed by atoms with Crippen LogP contribution in [-0.4, -0.2) is 23.8 Å². The quantitative estimate of drug-likeness (QED) is 0.802. The Kier molecular flexibility index (Phi) is 2.47. The van der Waals surface area contributed by atoms with E-state index in [1.165, 1.54) is 0 Å². The molecule has 94 valence electrons. The number of hydrogen-bond acceptors (Lipinski definition) is 4. The fraction of sp³-hybridized carbons (Fsp3) is 0.385. The highest BCUT2D eigenvalue weighted by molar-refractivity contribution is 5.82. The first kappa shape index (κ1) is 11.1. The Hall–Kier alpha value is -2.04. The second-order valence-electron chi connectivity index (χ2n) is 4.31. The molecule has 0 fully saturated rings. The van der Waals surface area contributed by atoms with Crippen LogP contribution in [0, 0.1) is 0 Å². The van der Waals surface area contributed by atoms with E-state index in [9.17, 15) is 4.79 Å². The minimum Gasteiger partial charge on any atom is -0.493 e. The Morgan fingerprint density at radius 3 is 2.67 bits per heavy atom. The first-order chi connectivity index (χ1) is 8.74. The largest absolute Gasteiger partial charge is 0.493 e. The maximum Gasteiger partial charge on any atom is 0.261 e. The van der Waals surface area contributed by atoms with Crippen LogP contribution in [0.3, 0.4) is 0 Å². The van der Waals surface area contributed by atoms with Crippen molar-refractivity contribution < 1.29 is 9.47 Å². The molecule has 18 heavy (non-hydrogen) atoms. The van der Waals surface area contributed by atoms with E-state index in [-0.39, 0.29) is 5.56 Å². The fourth-order valence-electron chi connectivity index (χ4n) is 2.41. The SMILES string of the molecule is COc1cc2nc3n(c(=O)c2cc1OC)CCC3. The van der Waals surface area contributed by atoms with Gasteiger partial charge in [0, 0.05) is 19.0 Å². The van der Waals surface area contributed by atoms with Gasteiger partial charge in [0.25, 0.3) is 5.56 Å². The Labute approximate surface area is 104 Å². The molecule has 0 bridgehead atoms. The van der Waals surface area contributed by atoms with E-state index in [2.05, 4.69) is 4.98 Å². The smallest absolute Gasteiger partial charge is 0.261 e. The summed E-state index contributed by atoms with van der Waals surface area (Å²) in [5.41, 5.74) is 0.680. The third kappa shape index (κ3) is 1.47. The number of benzene rings is 1. The molecule has 0 spiro atoms. The number of hydrogen-bond donors (Lipinski definition) is 0. The number of aryl methyl sites for hydroxylation is 1. The number of methoxy groups -OCH3 is 2. The molecule has 0 amide bonds. The van der Waals surface area contributed by atoms with Gasteiger partial charge in [-0.15, -0.1) is 0 Å². The highest BCUT2D eigenvalue weighted by atomic mass is 16.5. The lowest BCUT2D eigenvalue weighted by Gasteiger charge is -2.10. The predicted octanol–water partition coefficient (Wildman–Crippen LogP) is 1.36. The molecule has 0 aliphatic carbocycles. The predicted molar refractivity (Wildman–Crippen MR) is 67.4 cm³/mol. The van der Waals surface area contributed by atoms with Crippen molar-refractivity contribution in [2.45, 2.75) is 19.4 Å². The second-order valence-corrected chi connectivity index (χ2v) is 4.31. The van der Waals surface area contributed by atoms with Gasteiger partial charge in [0.05, 0.1) is 25.1 Å². The summed E-state index contributed by atoms with van der Waals surface area (Å²) in [4.78, 5) is 16.8. The highest BCUT2D eigenvalue weighted by Crippen LogP contribution is 2.30. The molecule has 5 heteroatoms. The standard InChI is InChI=1S/C13H14N2O3/c1-17-10-6-8-9(7-11(10)18-2)14-12-4-3-5-15(12)13(8)16/h6-7H,3-5H2,1-2H3. The van der Waals surface area contributed by atoms with Gasteiger partial charge in [-0.25, -0.2) is 4.98 Å². The van der Waals surface area contributed by atoms with Crippen molar-refractivity contribution in [2.75, 3.05) is 14.2 Å². The van der Waals surface area contributed by atoms with E-state index in [0.29, 0.717) is 22.4 Å². The van der Waals surface area contributed by atoms with Crippen LogP contribution in [0.2, 0.25) is 0 Å². The first-order valence-corrected chi connectivity index (χ1v) is 5.90. The van der Waals surface area contributed by atoms with Gasteiger partial charge >= 0.3 is 0 Å². The van der Waals surface area contributed by atoms with Crippen molar-refractivity contribution in [3.05, 3.63) is 28.3 Å². The molecule has 1 aromatic heterocycles. The molecular formula is C13H14N2O3. The maximum absolute atomic E-state index is 12.3. The molecule has 1 aliphatic rings. The molecule has 2 aromatic rings. The zero-order valence-corrected chi connectivity index (χ0v) is 10.4. The molecule has 0 radical (unpaired) electrons. The molecule has 1 aliphatic heterocycles. The number of aromatic nitrogens is 2. The van der Waals surface area contributed by atoms with Crippen LogP contribution >= 0.6 is 0 Å². The Morgan fingerprint density at radius 2 is 1.94 bits per heavy atom. The van der Waals surface area contributed by atoms with Crippen LogP contribution in [0.5, 0.6) is 11.5 Å². The van der Waals surface area contributed by atoms with E-state index < -0.39 is 0 Å². The summed E-state index contributed by atoms with van der Waals surface area (Å²) in [6.45, 7) is 0.755. The first-order valence-electron chi connectivity index (χ1n) is 5.90. The summed E-state index contributed by atoms with van der Waals surface area (Å²) in [7, 11) is 3.13. The molecule has 0 N–H and O–H groups in total. The van der Waals surface area contributed by atoms with Gasteiger partial charge in [-0.3, -0.25) is 9.36 Å². The van der Waals surface area contributed by atoms with Crippen LogP contribution < -0.4 is 15.0 Å². The normalized spacial score (nSPS) is 13.7. The van der Waals surface area contributed by atoms with Crippen molar-refractivity contribution in [1.29, 1.82) is 0 Å². The minimum absolute atomic E-state index is 0.00783. The van der Waals surface area contributed by atoms with Gasteiger partial charge in [-0.1, -0.05) is 0 Å².